The molecule has 0 aliphatic carbocycles. The Kier molecular flexibility index (Phi) is 5.00. The lowest BCUT2D eigenvalue weighted by atomic mass is 10.1. The summed E-state index contributed by atoms with van der Waals surface area (Å²) in [6, 6.07) is 5.89. The molecule has 0 radical (unpaired) electrons. The van der Waals surface area contributed by atoms with Gasteiger partial charge in [0, 0.05) is 31.5 Å². The van der Waals surface area contributed by atoms with Gasteiger partial charge in [0.25, 0.3) is 0 Å². The molecule has 1 atom stereocenters. The number of ether oxygens (including phenoxy) is 2. The number of hydrogen-bond donors (Lipinski definition) is 2. The van der Waals surface area contributed by atoms with Gasteiger partial charge in [-0.3, -0.25) is 0 Å². The first-order chi connectivity index (χ1) is 10.3. The standard InChI is InChI=1S/C15H21N3O2S/c1-19-12-2-3-13-14(8-12)18-15(17-13)21-7-5-16-9-11-4-6-20-10-11/h2-3,8,11,16H,4-7,9-10H2,1H3,(H,17,18). The molecule has 1 saturated heterocycles. The van der Waals surface area contributed by atoms with Crippen molar-refractivity contribution in [1.29, 1.82) is 0 Å². The first-order valence-electron chi connectivity index (χ1n) is 7.30. The Morgan fingerprint density at radius 1 is 1.52 bits per heavy atom. The third-order valence-electron chi connectivity index (χ3n) is 3.64. The van der Waals surface area contributed by atoms with Crippen LogP contribution in [0.15, 0.2) is 23.4 Å². The summed E-state index contributed by atoms with van der Waals surface area (Å²) in [7, 11) is 1.67. The molecule has 1 fully saturated rings. The van der Waals surface area contributed by atoms with E-state index in [9.17, 15) is 0 Å². The number of methoxy groups -OCH3 is 1. The smallest absolute Gasteiger partial charge is 0.166 e. The normalized spacial score (nSPS) is 18.4. The molecule has 0 amide bonds. The summed E-state index contributed by atoms with van der Waals surface area (Å²) in [4.78, 5) is 7.89. The summed E-state index contributed by atoms with van der Waals surface area (Å²) < 4.78 is 10.6. The van der Waals surface area contributed by atoms with Crippen LogP contribution in [0.5, 0.6) is 5.75 Å². The summed E-state index contributed by atoms with van der Waals surface area (Å²) in [6.45, 7) is 3.87. The van der Waals surface area contributed by atoms with Crippen molar-refractivity contribution < 1.29 is 9.47 Å². The molecule has 3 rings (SSSR count). The van der Waals surface area contributed by atoms with Crippen LogP contribution in [0.25, 0.3) is 11.0 Å². The van der Waals surface area contributed by atoms with E-state index in [4.69, 9.17) is 9.47 Å². The molecular formula is C15H21N3O2S. The molecule has 6 heteroatoms. The fourth-order valence-electron chi connectivity index (χ4n) is 2.43. The number of nitrogens with one attached hydrogen (secondary N) is 2. The highest BCUT2D eigenvalue weighted by atomic mass is 32.2. The zero-order chi connectivity index (χ0) is 14.5. The molecule has 0 spiro atoms. The highest BCUT2D eigenvalue weighted by molar-refractivity contribution is 7.99. The van der Waals surface area contributed by atoms with Gasteiger partial charge in [-0.1, -0.05) is 11.8 Å². The highest BCUT2D eigenvalue weighted by Crippen LogP contribution is 2.22. The van der Waals surface area contributed by atoms with Crippen molar-refractivity contribution in [3.63, 3.8) is 0 Å². The Balaban J connectivity index is 1.44. The van der Waals surface area contributed by atoms with Gasteiger partial charge in [0.15, 0.2) is 5.16 Å². The van der Waals surface area contributed by atoms with Crippen LogP contribution >= 0.6 is 11.8 Å². The quantitative estimate of drug-likeness (QED) is 0.607. The molecule has 2 N–H and O–H groups in total. The number of aromatic amines is 1. The summed E-state index contributed by atoms with van der Waals surface area (Å²) in [5, 5.41) is 4.45. The van der Waals surface area contributed by atoms with Crippen LogP contribution in [0.3, 0.4) is 0 Å². The molecule has 1 unspecified atom stereocenters. The summed E-state index contributed by atoms with van der Waals surface area (Å²) in [5.74, 6) is 2.54. The van der Waals surface area contributed by atoms with Crippen LogP contribution in [-0.4, -0.2) is 49.1 Å². The topological polar surface area (TPSA) is 59.2 Å². The third kappa shape index (κ3) is 3.90. The minimum atomic E-state index is 0.689. The molecule has 2 aromatic rings. The zero-order valence-corrected chi connectivity index (χ0v) is 13.0. The van der Waals surface area contributed by atoms with E-state index < -0.39 is 0 Å². The van der Waals surface area contributed by atoms with E-state index in [-0.39, 0.29) is 0 Å². The maximum Gasteiger partial charge on any atom is 0.166 e. The van der Waals surface area contributed by atoms with Crippen molar-refractivity contribution >= 4 is 22.8 Å². The second kappa shape index (κ2) is 7.15. The van der Waals surface area contributed by atoms with Crippen molar-refractivity contribution in [2.75, 3.05) is 39.2 Å². The van der Waals surface area contributed by atoms with Crippen LogP contribution in [0, 0.1) is 5.92 Å². The Labute approximate surface area is 128 Å². The SMILES string of the molecule is COc1ccc2nc(SCCNCC3CCOC3)[nH]c2c1. The van der Waals surface area contributed by atoms with Crippen LogP contribution in [0.1, 0.15) is 6.42 Å². The number of nitrogens with zero attached hydrogens (tertiary/aromatic N) is 1. The number of hydrogen-bond acceptors (Lipinski definition) is 5. The zero-order valence-electron chi connectivity index (χ0n) is 12.2. The summed E-state index contributed by atoms with van der Waals surface area (Å²) >= 11 is 1.74. The average Bonchev–Trinajstić information content (AvgIpc) is 3.14. The van der Waals surface area contributed by atoms with Crippen molar-refractivity contribution in [1.82, 2.24) is 15.3 Å². The Morgan fingerprint density at radius 3 is 3.29 bits per heavy atom. The van der Waals surface area contributed by atoms with E-state index in [1.165, 1.54) is 6.42 Å². The molecule has 0 saturated carbocycles. The minimum absolute atomic E-state index is 0.689. The number of thioether (sulfide) groups is 1. The van der Waals surface area contributed by atoms with Gasteiger partial charge >= 0.3 is 0 Å². The van der Waals surface area contributed by atoms with E-state index in [1.54, 1.807) is 18.9 Å². The summed E-state index contributed by atoms with van der Waals surface area (Å²) in [6.07, 6.45) is 1.19. The Hall–Kier alpha value is -1.24. The van der Waals surface area contributed by atoms with Gasteiger partial charge in [0.1, 0.15) is 5.75 Å². The monoisotopic (exact) mass is 307 g/mol. The fourth-order valence-corrected chi connectivity index (χ4v) is 3.22. The predicted molar refractivity (Wildman–Crippen MR) is 85.2 cm³/mol. The molecule has 1 aromatic heterocycles. The van der Waals surface area contributed by atoms with Gasteiger partial charge in [0.2, 0.25) is 0 Å². The fraction of sp³-hybridized carbons (Fsp3) is 0.533. The molecule has 1 aliphatic rings. The minimum Gasteiger partial charge on any atom is -0.497 e. The summed E-state index contributed by atoms with van der Waals surface area (Å²) in [5.41, 5.74) is 2.00. The number of fused-ring (bicyclic) bond motifs is 1. The first-order valence-corrected chi connectivity index (χ1v) is 8.29. The van der Waals surface area contributed by atoms with E-state index >= 15 is 0 Å². The van der Waals surface area contributed by atoms with Gasteiger partial charge in [-0.15, -0.1) is 0 Å². The lowest BCUT2D eigenvalue weighted by molar-refractivity contribution is 0.185. The number of benzene rings is 1. The molecular weight excluding hydrogens is 286 g/mol. The first kappa shape index (κ1) is 14.7. The highest BCUT2D eigenvalue weighted by Gasteiger charge is 2.14. The predicted octanol–water partition coefficient (Wildman–Crippen LogP) is 2.29. The number of rotatable bonds is 7. The van der Waals surface area contributed by atoms with Crippen LogP contribution in [0.4, 0.5) is 0 Å². The molecule has 5 nitrogen and oxygen atoms in total. The average molecular weight is 307 g/mol. The third-order valence-corrected chi connectivity index (χ3v) is 4.52. The van der Waals surface area contributed by atoms with Crippen molar-refractivity contribution in [2.45, 2.75) is 11.6 Å². The largest absolute Gasteiger partial charge is 0.497 e. The van der Waals surface area contributed by atoms with E-state index in [2.05, 4.69) is 15.3 Å². The molecule has 114 valence electrons. The second-order valence-electron chi connectivity index (χ2n) is 5.21. The molecule has 21 heavy (non-hydrogen) atoms. The van der Waals surface area contributed by atoms with Crippen molar-refractivity contribution in [2.24, 2.45) is 5.92 Å². The van der Waals surface area contributed by atoms with Gasteiger partial charge < -0.3 is 19.8 Å². The number of aromatic nitrogens is 2. The Bertz CT molecular complexity index is 581. The van der Waals surface area contributed by atoms with Gasteiger partial charge in [0.05, 0.1) is 24.8 Å². The van der Waals surface area contributed by atoms with E-state index in [0.717, 1.165) is 54.0 Å². The lowest BCUT2D eigenvalue weighted by Gasteiger charge is -2.08. The van der Waals surface area contributed by atoms with Crippen molar-refractivity contribution in [3.05, 3.63) is 18.2 Å². The van der Waals surface area contributed by atoms with Crippen LogP contribution in [-0.2, 0) is 4.74 Å². The molecule has 0 bridgehead atoms. The van der Waals surface area contributed by atoms with Crippen molar-refractivity contribution in [3.8, 4) is 5.75 Å². The van der Waals surface area contributed by atoms with E-state index in [0.29, 0.717) is 5.92 Å². The molecule has 2 heterocycles. The number of imidazole rings is 1. The van der Waals surface area contributed by atoms with Crippen LogP contribution < -0.4 is 10.1 Å². The number of H-pyrrole nitrogens is 1. The van der Waals surface area contributed by atoms with Gasteiger partial charge in [-0.2, -0.15) is 0 Å². The second-order valence-corrected chi connectivity index (χ2v) is 6.29. The maximum atomic E-state index is 5.37. The molecule has 1 aromatic carbocycles. The van der Waals surface area contributed by atoms with Gasteiger partial charge in [-0.05, 0) is 24.5 Å². The van der Waals surface area contributed by atoms with Gasteiger partial charge in [-0.25, -0.2) is 4.98 Å². The van der Waals surface area contributed by atoms with E-state index in [1.807, 2.05) is 18.2 Å². The molecule has 1 aliphatic heterocycles. The Morgan fingerprint density at radius 2 is 2.48 bits per heavy atom. The van der Waals surface area contributed by atoms with Crippen LogP contribution in [0.2, 0.25) is 0 Å². The lowest BCUT2D eigenvalue weighted by Crippen LogP contribution is -2.25. The maximum absolute atomic E-state index is 5.37.